The first kappa shape index (κ1) is 33.0. The monoisotopic (exact) mass is 634 g/mol. The molecule has 2 heterocycles. The number of benzene rings is 2. The standard InChI is InChI=1S/C31H37F3N4O5S/c1-4-30(39)43-18-17-37-15-12-22(13-16-37)36-26-8-5-9-28-25(26)19-23(38(28)21-31(32,33)34)7-6-14-35-27-11-10-24(44(3,40)41)20-29(27)42-2/h5,8-11,19-20,22,35-36H,4,12-18,21H2,1-3H3. The third-order valence-corrected chi connectivity index (χ3v) is 8.48. The lowest BCUT2D eigenvalue weighted by atomic mass is 10.0. The van der Waals surface area contributed by atoms with Gasteiger partial charge in [0.2, 0.25) is 0 Å². The first-order valence-electron chi connectivity index (χ1n) is 14.3. The number of likely N-dealkylation sites (tertiary alicyclic amines) is 1. The number of aromatic nitrogens is 1. The summed E-state index contributed by atoms with van der Waals surface area (Å²) >= 11 is 0. The van der Waals surface area contributed by atoms with Gasteiger partial charge in [-0.2, -0.15) is 13.2 Å². The Hall–Kier alpha value is -3.89. The minimum Gasteiger partial charge on any atom is -0.495 e. The number of carbonyl (C=O) groups excluding carboxylic acids is 1. The zero-order chi connectivity index (χ0) is 31.9. The summed E-state index contributed by atoms with van der Waals surface area (Å²) in [4.78, 5) is 13.7. The number of halogens is 3. The molecule has 1 saturated heterocycles. The van der Waals surface area contributed by atoms with Gasteiger partial charge in [-0.15, -0.1) is 0 Å². The van der Waals surface area contributed by atoms with Crippen molar-refractivity contribution in [3.05, 3.63) is 48.2 Å². The average Bonchev–Trinajstić information content (AvgIpc) is 3.32. The fourth-order valence-electron chi connectivity index (χ4n) is 5.10. The van der Waals surface area contributed by atoms with E-state index in [0.29, 0.717) is 41.9 Å². The van der Waals surface area contributed by atoms with Crippen LogP contribution in [0.25, 0.3) is 10.9 Å². The number of nitrogens with one attached hydrogen (secondary N) is 2. The van der Waals surface area contributed by atoms with Crippen LogP contribution in [-0.4, -0.2) is 82.2 Å². The highest BCUT2D eigenvalue weighted by Crippen LogP contribution is 2.31. The van der Waals surface area contributed by atoms with Gasteiger partial charge in [0.1, 0.15) is 18.9 Å². The van der Waals surface area contributed by atoms with Crippen molar-refractivity contribution in [1.29, 1.82) is 0 Å². The van der Waals surface area contributed by atoms with Gasteiger partial charge in [0.15, 0.2) is 9.84 Å². The maximum absolute atomic E-state index is 13.6. The number of methoxy groups -OCH3 is 1. The smallest absolute Gasteiger partial charge is 0.406 e. The maximum atomic E-state index is 13.6. The molecule has 0 atom stereocenters. The molecule has 13 heteroatoms. The molecule has 0 bridgehead atoms. The molecule has 2 N–H and O–H groups in total. The van der Waals surface area contributed by atoms with Crippen molar-refractivity contribution in [3.63, 3.8) is 0 Å². The van der Waals surface area contributed by atoms with Crippen molar-refractivity contribution in [1.82, 2.24) is 9.47 Å². The summed E-state index contributed by atoms with van der Waals surface area (Å²) in [5, 5.41) is 7.22. The Kier molecular flexibility index (Phi) is 10.7. The summed E-state index contributed by atoms with van der Waals surface area (Å²) < 4.78 is 76.2. The summed E-state index contributed by atoms with van der Waals surface area (Å²) in [6, 6.07) is 11.5. The molecule has 1 aliphatic heterocycles. The molecule has 0 aliphatic carbocycles. The number of piperidine rings is 1. The van der Waals surface area contributed by atoms with Crippen LogP contribution in [0, 0.1) is 11.8 Å². The lowest BCUT2D eigenvalue weighted by molar-refractivity contribution is -0.143. The van der Waals surface area contributed by atoms with Crippen LogP contribution in [-0.2, 0) is 25.9 Å². The fourth-order valence-corrected chi connectivity index (χ4v) is 5.73. The number of nitrogens with zero attached hydrogens (tertiary/aromatic N) is 2. The number of hydrogen-bond acceptors (Lipinski definition) is 8. The van der Waals surface area contributed by atoms with Crippen LogP contribution < -0.4 is 15.4 Å². The number of esters is 1. The first-order chi connectivity index (χ1) is 20.9. The van der Waals surface area contributed by atoms with Crippen LogP contribution in [0.4, 0.5) is 24.5 Å². The third-order valence-electron chi connectivity index (χ3n) is 7.37. The average molecular weight is 635 g/mol. The maximum Gasteiger partial charge on any atom is 0.406 e. The van der Waals surface area contributed by atoms with Gasteiger partial charge < -0.3 is 24.7 Å². The van der Waals surface area contributed by atoms with Gasteiger partial charge >= 0.3 is 12.1 Å². The van der Waals surface area contributed by atoms with Gasteiger partial charge in [0, 0.05) is 55.5 Å². The van der Waals surface area contributed by atoms with E-state index in [1.54, 1.807) is 31.2 Å². The Morgan fingerprint density at radius 3 is 2.52 bits per heavy atom. The van der Waals surface area contributed by atoms with Crippen molar-refractivity contribution in [2.24, 2.45) is 0 Å². The molecule has 0 spiro atoms. The largest absolute Gasteiger partial charge is 0.495 e. The van der Waals surface area contributed by atoms with Crippen LogP contribution in [0.5, 0.6) is 5.75 Å². The molecule has 0 unspecified atom stereocenters. The predicted octanol–water partition coefficient (Wildman–Crippen LogP) is 4.91. The molecule has 0 amide bonds. The molecule has 0 radical (unpaired) electrons. The van der Waals surface area contributed by atoms with E-state index in [4.69, 9.17) is 9.47 Å². The third kappa shape index (κ3) is 8.83. The summed E-state index contributed by atoms with van der Waals surface area (Å²) in [5.74, 6) is 5.86. The molecular weight excluding hydrogens is 597 g/mol. The molecule has 4 rings (SSSR count). The van der Waals surface area contributed by atoms with E-state index in [2.05, 4.69) is 27.4 Å². The Labute approximate surface area is 255 Å². The zero-order valence-electron chi connectivity index (χ0n) is 25.0. The van der Waals surface area contributed by atoms with E-state index in [0.717, 1.165) is 37.9 Å². The quantitative estimate of drug-likeness (QED) is 0.227. The number of fused-ring (bicyclic) bond motifs is 1. The Bertz CT molecular complexity index is 1640. The highest BCUT2D eigenvalue weighted by atomic mass is 32.2. The van der Waals surface area contributed by atoms with Gasteiger partial charge in [-0.05, 0) is 49.1 Å². The second kappa shape index (κ2) is 14.3. The number of sulfone groups is 1. The number of alkyl halides is 3. The van der Waals surface area contributed by atoms with Crippen LogP contribution in [0.2, 0.25) is 0 Å². The highest BCUT2D eigenvalue weighted by molar-refractivity contribution is 7.90. The first-order valence-corrected chi connectivity index (χ1v) is 16.2. The Balaban J connectivity index is 1.48. The predicted molar refractivity (Wildman–Crippen MR) is 164 cm³/mol. The number of hydrogen-bond donors (Lipinski definition) is 2. The molecule has 0 saturated carbocycles. The molecule has 3 aromatic rings. The van der Waals surface area contributed by atoms with Crippen molar-refractivity contribution < 1.29 is 35.9 Å². The molecular formula is C31H37F3N4O5S. The Morgan fingerprint density at radius 1 is 1.11 bits per heavy atom. The van der Waals surface area contributed by atoms with Crippen molar-refractivity contribution in [2.75, 3.05) is 56.8 Å². The molecule has 9 nitrogen and oxygen atoms in total. The molecule has 1 aromatic heterocycles. The van der Waals surface area contributed by atoms with Crippen molar-refractivity contribution in [3.8, 4) is 17.6 Å². The fraction of sp³-hybridized carbons (Fsp3) is 0.452. The van der Waals surface area contributed by atoms with E-state index >= 15 is 0 Å². The highest BCUT2D eigenvalue weighted by Gasteiger charge is 2.30. The summed E-state index contributed by atoms with van der Waals surface area (Å²) in [6.45, 7) is 3.33. The molecule has 44 heavy (non-hydrogen) atoms. The minimum atomic E-state index is -4.45. The minimum absolute atomic E-state index is 0.0868. The van der Waals surface area contributed by atoms with Gasteiger partial charge in [-0.25, -0.2) is 8.42 Å². The number of rotatable bonds is 11. The van der Waals surface area contributed by atoms with Crippen LogP contribution in [0.1, 0.15) is 31.9 Å². The SMILES string of the molecule is CCC(=O)OCCN1CCC(Nc2cccc3c2cc(C#CCNc2ccc(S(C)(=O)=O)cc2OC)n3CC(F)(F)F)CC1. The van der Waals surface area contributed by atoms with E-state index in [-0.39, 0.29) is 29.1 Å². The zero-order valence-corrected chi connectivity index (χ0v) is 25.8. The lowest BCUT2D eigenvalue weighted by Crippen LogP contribution is -2.40. The summed E-state index contributed by atoms with van der Waals surface area (Å²) in [7, 11) is -2.01. The normalized spacial score (nSPS) is 14.6. The Morgan fingerprint density at radius 2 is 1.86 bits per heavy atom. The van der Waals surface area contributed by atoms with Gasteiger partial charge in [0.25, 0.3) is 0 Å². The summed E-state index contributed by atoms with van der Waals surface area (Å²) in [6.07, 6.45) is -1.31. The van der Waals surface area contributed by atoms with Gasteiger partial charge in [0.05, 0.1) is 35.4 Å². The van der Waals surface area contributed by atoms with Crippen LogP contribution >= 0.6 is 0 Å². The van der Waals surface area contributed by atoms with E-state index < -0.39 is 22.6 Å². The second-order valence-electron chi connectivity index (χ2n) is 10.6. The number of anilines is 2. The summed E-state index contributed by atoms with van der Waals surface area (Å²) in [5.41, 5.74) is 1.90. The molecule has 2 aromatic carbocycles. The molecule has 1 aliphatic rings. The number of carbonyl (C=O) groups is 1. The molecule has 1 fully saturated rings. The van der Waals surface area contributed by atoms with Gasteiger partial charge in [-0.1, -0.05) is 18.9 Å². The lowest BCUT2D eigenvalue weighted by Gasteiger charge is -2.32. The van der Waals surface area contributed by atoms with E-state index in [1.807, 2.05) is 6.07 Å². The molecule has 238 valence electrons. The van der Waals surface area contributed by atoms with E-state index in [1.165, 1.54) is 23.8 Å². The second-order valence-corrected chi connectivity index (χ2v) is 12.6. The topological polar surface area (TPSA) is 102 Å². The van der Waals surface area contributed by atoms with E-state index in [9.17, 15) is 26.4 Å². The van der Waals surface area contributed by atoms with Crippen molar-refractivity contribution in [2.45, 2.75) is 49.8 Å². The van der Waals surface area contributed by atoms with Crippen molar-refractivity contribution >= 4 is 38.1 Å². The van der Waals surface area contributed by atoms with Gasteiger partial charge in [-0.3, -0.25) is 9.69 Å². The van der Waals surface area contributed by atoms with Crippen LogP contribution in [0.3, 0.4) is 0 Å². The van der Waals surface area contributed by atoms with Crippen LogP contribution in [0.15, 0.2) is 47.4 Å². The number of ether oxygens (including phenoxy) is 2.